The number of morpholine rings is 1. The highest BCUT2D eigenvalue weighted by atomic mass is 16.5. The van der Waals surface area contributed by atoms with E-state index >= 15 is 0 Å². The number of hydrogen-bond acceptors (Lipinski definition) is 7. The fourth-order valence-electron chi connectivity index (χ4n) is 3.85. The van der Waals surface area contributed by atoms with Crippen molar-refractivity contribution < 1.29 is 23.5 Å². The fourth-order valence-corrected chi connectivity index (χ4v) is 3.85. The lowest BCUT2D eigenvalue weighted by Gasteiger charge is -2.35. The fraction of sp³-hybridized carbons (Fsp3) is 0.360. The Balaban J connectivity index is 1.44. The van der Waals surface area contributed by atoms with Gasteiger partial charge in [0.05, 0.1) is 33.0 Å². The number of rotatable bonds is 9. The SMILES string of the molecule is CCOc1ccc([C@@H](CNC(=O)c2cc(-c3ccc(OC)cc3)on2)N2CCOCC2)cc1. The Morgan fingerprint density at radius 3 is 2.45 bits per heavy atom. The zero-order chi connectivity index (χ0) is 23.0. The van der Waals surface area contributed by atoms with Gasteiger partial charge in [-0.15, -0.1) is 0 Å². The molecule has 1 atom stereocenters. The molecule has 4 rings (SSSR count). The molecule has 1 saturated heterocycles. The first-order chi connectivity index (χ1) is 16.2. The average molecular weight is 452 g/mol. The van der Waals surface area contributed by atoms with Crippen LogP contribution in [0.3, 0.4) is 0 Å². The maximum absolute atomic E-state index is 12.8. The molecule has 1 aromatic heterocycles. The molecule has 0 spiro atoms. The van der Waals surface area contributed by atoms with Gasteiger partial charge in [0.15, 0.2) is 11.5 Å². The van der Waals surface area contributed by atoms with Crippen molar-refractivity contribution in [1.29, 1.82) is 0 Å². The van der Waals surface area contributed by atoms with E-state index in [1.54, 1.807) is 13.2 Å². The summed E-state index contributed by atoms with van der Waals surface area (Å²) in [6.07, 6.45) is 0. The predicted octanol–water partition coefficient (Wildman–Crippen LogP) is 3.55. The summed E-state index contributed by atoms with van der Waals surface area (Å²) in [5, 5.41) is 6.98. The first-order valence-corrected chi connectivity index (χ1v) is 11.1. The number of aromatic nitrogens is 1. The Kier molecular flexibility index (Phi) is 7.59. The van der Waals surface area contributed by atoms with Crippen LogP contribution >= 0.6 is 0 Å². The maximum Gasteiger partial charge on any atom is 0.273 e. The van der Waals surface area contributed by atoms with Crippen LogP contribution in [0.5, 0.6) is 11.5 Å². The average Bonchev–Trinajstić information content (AvgIpc) is 3.36. The van der Waals surface area contributed by atoms with Crippen molar-refractivity contribution in [3.8, 4) is 22.8 Å². The van der Waals surface area contributed by atoms with Crippen LogP contribution in [0.1, 0.15) is 29.0 Å². The first kappa shape index (κ1) is 22.8. The summed E-state index contributed by atoms with van der Waals surface area (Å²) in [6, 6.07) is 17.1. The van der Waals surface area contributed by atoms with Gasteiger partial charge in [-0.25, -0.2) is 0 Å². The van der Waals surface area contributed by atoms with Crippen molar-refractivity contribution in [2.24, 2.45) is 0 Å². The smallest absolute Gasteiger partial charge is 0.273 e. The van der Waals surface area contributed by atoms with E-state index in [0.717, 1.165) is 35.7 Å². The van der Waals surface area contributed by atoms with Gasteiger partial charge in [-0.2, -0.15) is 0 Å². The second-order valence-electron chi connectivity index (χ2n) is 7.68. The lowest BCUT2D eigenvalue weighted by Crippen LogP contribution is -2.43. The molecular formula is C25H29N3O5. The normalized spacial score (nSPS) is 15.1. The molecule has 0 aliphatic carbocycles. The van der Waals surface area contributed by atoms with Gasteiger partial charge in [0.25, 0.3) is 5.91 Å². The van der Waals surface area contributed by atoms with E-state index in [0.29, 0.717) is 32.1 Å². The third-order valence-corrected chi connectivity index (χ3v) is 5.64. The van der Waals surface area contributed by atoms with Crippen molar-refractivity contribution in [3.05, 3.63) is 65.9 Å². The molecule has 1 aliphatic heterocycles. The predicted molar refractivity (Wildman–Crippen MR) is 124 cm³/mol. The zero-order valence-corrected chi connectivity index (χ0v) is 19.0. The molecule has 8 heteroatoms. The van der Waals surface area contributed by atoms with Crippen LogP contribution in [-0.2, 0) is 4.74 Å². The molecule has 1 N–H and O–H groups in total. The molecule has 0 saturated carbocycles. The summed E-state index contributed by atoms with van der Waals surface area (Å²) in [5.41, 5.74) is 2.18. The summed E-state index contributed by atoms with van der Waals surface area (Å²) in [7, 11) is 1.61. The standard InChI is InChI=1S/C25H29N3O5/c1-3-32-21-10-4-18(5-11-21)23(28-12-14-31-15-13-28)17-26-25(29)22-16-24(33-27-22)19-6-8-20(30-2)9-7-19/h4-11,16,23H,3,12-15,17H2,1-2H3,(H,26,29)/t23-/m1/s1. The van der Waals surface area contributed by atoms with E-state index in [9.17, 15) is 4.79 Å². The van der Waals surface area contributed by atoms with E-state index < -0.39 is 0 Å². The van der Waals surface area contributed by atoms with Gasteiger partial charge in [0, 0.05) is 31.3 Å². The number of ether oxygens (including phenoxy) is 3. The van der Waals surface area contributed by atoms with Crippen molar-refractivity contribution in [3.63, 3.8) is 0 Å². The van der Waals surface area contributed by atoms with Gasteiger partial charge in [0.2, 0.25) is 0 Å². The van der Waals surface area contributed by atoms with Crippen LogP contribution in [0.2, 0.25) is 0 Å². The number of carbonyl (C=O) groups excluding carboxylic acids is 1. The molecule has 0 unspecified atom stereocenters. The molecule has 3 aromatic rings. The molecule has 2 heterocycles. The Morgan fingerprint density at radius 2 is 1.79 bits per heavy atom. The third-order valence-electron chi connectivity index (χ3n) is 5.64. The van der Waals surface area contributed by atoms with E-state index in [1.807, 2.05) is 43.3 Å². The summed E-state index contributed by atoms with van der Waals surface area (Å²) in [6.45, 7) is 5.99. The molecule has 174 valence electrons. The molecule has 1 amide bonds. The van der Waals surface area contributed by atoms with Crippen molar-refractivity contribution in [1.82, 2.24) is 15.4 Å². The van der Waals surface area contributed by atoms with E-state index in [4.69, 9.17) is 18.7 Å². The lowest BCUT2D eigenvalue weighted by molar-refractivity contribution is 0.0162. The zero-order valence-electron chi connectivity index (χ0n) is 19.0. The summed E-state index contributed by atoms with van der Waals surface area (Å²) >= 11 is 0. The van der Waals surface area contributed by atoms with Gasteiger partial charge < -0.3 is 24.1 Å². The molecule has 33 heavy (non-hydrogen) atoms. The minimum atomic E-state index is -0.275. The number of methoxy groups -OCH3 is 1. The van der Waals surface area contributed by atoms with E-state index in [-0.39, 0.29) is 17.6 Å². The highest BCUT2D eigenvalue weighted by molar-refractivity contribution is 5.93. The molecular weight excluding hydrogens is 422 g/mol. The van der Waals surface area contributed by atoms with Crippen LogP contribution in [0.25, 0.3) is 11.3 Å². The monoisotopic (exact) mass is 451 g/mol. The van der Waals surface area contributed by atoms with Crippen LogP contribution in [0.15, 0.2) is 59.1 Å². The van der Waals surface area contributed by atoms with Crippen LogP contribution in [0.4, 0.5) is 0 Å². The lowest BCUT2D eigenvalue weighted by atomic mass is 10.0. The summed E-state index contributed by atoms with van der Waals surface area (Å²) < 4.78 is 21.7. The van der Waals surface area contributed by atoms with Gasteiger partial charge in [-0.3, -0.25) is 9.69 Å². The number of amides is 1. The number of hydrogen-bond donors (Lipinski definition) is 1. The quantitative estimate of drug-likeness (QED) is 0.532. The minimum Gasteiger partial charge on any atom is -0.497 e. The van der Waals surface area contributed by atoms with E-state index in [1.165, 1.54) is 0 Å². The highest BCUT2D eigenvalue weighted by Crippen LogP contribution is 2.25. The molecule has 1 aliphatic rings. The Labute approximate surface area is 193 Å². The second kappa shape index (κ2) is 11.0. The minimum absolute atomic E-state index is 0.0153. The molecule has 0 bridgehead atoms. The van der Waals surface area contributed by atoms with E-state index in [2.05, 4.69) is 27.5 Å². The van der Waals surface area contributed by atoms with Crippen LogP contribution in [-0.4, -0.2) is 62.5 Å². The summed E-state index contributed by atoms with van der Waals surface area (Å²) in [5.74, 6) is 1.83. The topological polar surface area (TPSA) is 86.1 Å². The van der Waals surface area contributed by atoms with Gasteiger partial charge in [0.1, 0.15) is 11.5 Å². The molecule has 1 fully saturated rings. The van der Waals surface area contributed by atoms with Gasteiger partial charge in [-0.05, 0) is 48.9 Å². The number of benzene rings is 2. The second-order valence-corrected chi connectivity index (χ2v) is 7.68. The number of carbonyl (C=O) groups is 1. The van der Waals surface area contributed by atoms with Crippen LogP contribution < -0.4 is 14.8 Å². The molecule has 2 aromatic carbocycles. The summed E-state index contributed by atoms with van der Waals surface area (Å²) in [4.78, 5) is 15.2. The molecule has 8 nitrogen and oxygen atoms in total. The maximum atomic E-state index is 12.8. The Bertz CT molecular complexity index is 1030. The third kappa shape index (κ3) is 5.71. The Hall–Kier alpha value is -3.36. The number of nitrogens with one attached hydrogen (secondary N) is 1. The first-order valence-electron chi connectivity index (χ1n) is 11.1. The van der Waals surface area contributed by atoms with Crippen molar-refractivity contribution in [2.75, 3.05) is 46.6 Å². The van der Waals surface area contributed by atoms with Gasteiger partial charge in [-0.1, -0.05) is 17.3 Å². The Morgan fingerprint density at radius 1 is 1.09 bits per heavy atom. The van der Waals surface area contributed by atoms with Crippen molar-refractivity contribution >= 4 is 5.91 Å². The van der Waals surface area contributed by atoms with Crippen LogP contribution in [0, 0.1) is 0 Å². The molecule has 0 radical (unpaired) electrons. The van der Waals surface area contributed by atoms with Crippen molar-refractivity contribution in [2.45, 2.75) is 13.0 Å². The van der Waals surface area contributed by atoms with Gasteiger partial charge >= 0.3 is 0 Å². The number of nitrogens with zero attached hydrogens (tertiary/aromatic N) is 2. The largest absolute Gasteiger partial charge is 0.497 e. The highest BCUT2D eigenvalue weighted by Gasteiger charge is 2.24.